The van der Waals surface area contributed by atoms with Crippen molar-refractivity contribution in [3.8, 4) is 11.1 Å². The van der Waals surface area contributed by atoms with Crippen LogP contribution in [0.1, 0.15) is 63.0 Å². The molecule has 1 aliphatic carbocycles. The topological polar surface area (TPSA) is 9.23 Å². The predicted octanol–water partition coefficient (Wildman–Crippen LogP) is 6.50. The van der Waals surface area contributed by atoms with Crippen molar-refractivity contribution in [2.75, 3.05) is 6.61 Å². The van der Waals surface area contributed by atoms with Gasteiger partial charge in [0.25, 0.3) is 0 Å². The molecule has 128 valence electrons. The normalized spacial score (nSPS) is 24.0. The molecule has 0 spiro atoms. The van der Waals surface area contributed by atoms with E-state index in [-0.39, 0.29) is 5.60 Å². The monoisotopic (exact) mass is 322 g/mol. The van der Waals surface area contributed by atoms with Crippen LogP contribution in [0.15, 0.2) is 48.5 Å². The minimum atomic E-state index is 0.106. The first-order valence-electron chi connectivity index (χ1n) is 9.40. The van der Waals surface area contributed by atoms with Gasteiger partial charge in [-0.3, -0.25) is 0 Å². The summed E-state index contributed by atoms with van der Waals surface area (Å²) < 4.78 is 6.09. The first kappa shape index (κ1) is 17.2. The lowest BCUT2D eigenvalue weighted by Gasteiger charge is -2.37. The van der Waals surface area contributed by atoms with Crippen molar-refractivity contribution in [3.05, 3.63) is 59.7 Å². The summed E-state index contributed by atoms with van der Waals surface area (Å²) in [5, 5.41) is 0. The molecule has 1 fully saturated rings. The molecule has 1 saturated carbocycles. The lowest BCUT2D eigenvalue weighted by molar-refractivity contribution is -0.0589. The van der Waals surface area contributed by atoms with Crippen LogP contribution in [0, 0.1) is 6.92 Å². The summed E-state index contributed by atoms with van der Waals surface area (Å²) in [6, 6.07) is 18.0. The van der Waals surface area contributed by atoms with Crippen molar-refractivity contribution in [1.82, 2.24) is 0 Å². The second-order valence-corrected chi connectivity index (χ2v) is 7.56. The van der Waals surface area contributed by atoms with E-state index in [1.54, 1.807) is 0 Å². The largest absolute Gasteiger partial charge is 0.375 e. The molecule has 0 saturated heterocycles. The first-order valence-corrected chi connectivity index (χ1v) is 9.40. The maximum atomic E-state index is 6.09. The zero-order valence-electron chi connectivity index (χ0n) is 15.3. The van der Waals surface area contributed by atoms with Crippen molar-refractivity contribution in [2.24, 2.45) is 0 Å². The second kappa shape index (κ2) is 7.53. The van der Waals surface area contributed by atoms with E-state index in [9.17, 15) is 0 Å². The number of hydrogen-bond acceptors (Lipinski definition) is 1. The molecule has 0 heterocycles. The Balaban J connectivity index is 1.63. The Hall–Kier alpha value is -1.60. The van der Waals surface area contributed by atoms with Crippen LogP contribution < -0.4 is 0 Å². The summed E-state index contributed by atoms with van der Waals surface area (Å²) in [5.41, 5.74) is 5.52. The van der Waals surface area contributed by atoms with E-state index in [1.807, 2.05) is 0 Å². The summed E-state index contributed by atoms with van der Waals surface area (Å²) >= 11 is 0. The van der Waals surface area contributed by atoms with E-state index >= 15 is 0 Å². The molecule has 2 aromatic carbocycles. The van der Waals surface area contributed by atoms with E-state index in [2.05, 4.69) is 69.3 Å². The number of hydrogen-bond donors (Lipinski definition) is 0. The lowest BCUT2D eigenvalue weighted by Crippen LogP contribution is -2.33. The number of benzene rings is 2. The molecule has 0 aromatic heterocycles. The molecule has 0 amide bonds. The van der Waals surface area contributed by atoms with Gasteiger partial charge in [0.1, 0.15) is 0 Å². The third kappa shape index (κ3) is 4.08. The minimum Gasteiger partial charge on any atom is -0.375 e. The Bertz CT molecular complexity index is 631. The van der Waals surface area contributed by atoms with Gasteiger partial charge in [0, 0.05) is 6.61 Å². The van der Waals surface area contributed by atoms with Gasteiger partial charge in [0.05, 0.1) is 5.60 Å². The molecule has 1 aliphatic rings. The molecule has 0 N–H and O–H groups in total. The van der Waals surface area contributed by atoms with Crippen molar-refractivity contribution < 1.29 is 4.74 Å². The standard InChI is InChI=1S/C23H30O/c1-4-17-24-23(3)15-13-22(14-16-23)21-11-9-20(10-12-21)19-7-5-18(2)6-8-19/h5-12,22H,4,13-17H2,1-3H3. The quantitative estimate of drug-likeness (QED) is 0.610. The van der Waals surface area contributed by atoms with Gasteiger partial charge in [-0.05, 0) is 68.6 Å². The van der Waals surface area contributed by atoms with Gasteiger partial charge in [-0.25, -0.2) is 0 Å². The molecule has 0 unspecified atom stereocenters. The molecule has 24 heavy (non-hydrogen) atoms. The highest BCUT2D eigenvalue weighted by molar-refractivity contribution is 5.64. The van der Waals surface area contributed by atoms with Crippen LogP contribution in [-0.4, -0.2) is 12.2 Å². The van der Waals surface area contributed by atoms with Crippen molar-refractivity contribution in [1.29, 1.82) is 0 Å². The maximum absolute atomic E-state index is 6.09. The van der Waals surface area contributed by atoms with Crippen LogP contribution in [0.5, 0.6) is 0 Å². The Kier molecular flexibility index (Phi) is 5.40. The molecular formula is C23H30O. The second-order valence-electron chi connectivity index (χ2n) is 7.56. The number of rotatable bonds is 5. The zero-order chi connectivity index (χ0) is 17.0. The summed E-state index contributed by atoms with van der Waals surface area (Å²) in [6.07, 6.45) is 5.95. The zero-order valence-corrected chi connectivity index (χ0v) is 15.3. The minimum absolute atomic E-state index is 0.106. The van der Waals surface area contributed by atoms with Gasteiger partial charge in [-0.1, -0.05) is 61.0 Å². The molecule has 0 atom stereocenters. The summed E-state index contributed by atoms with van der Waals surface area (Å²) in [5.74, 6) is 0.690. The fourth-order valence-corrected chi connectivity index (χ4v) is 3.75. The molecule has 2 aromatic rings. The van der Waals surface area contributed by atoms with Crippen LogP contribution in [0.4, 0.5) is 0 Å². The number of ether oxygens (including phenoxy) is 1. The maximum Gasteiger partial charge on any atom is 0.0655 e. The van der Waals surface area contributed by atoms with Gasteiger partial charge < -0.3 is 4.74 Å². The molecule has 1 heteroatoms. The van der Waals surface area contributed by atoms with Gasteiger partial charge in [-0.15, -0.1) is 0 Å². The van der Waals surface area contributed by atoms with Gasteiger partial charge in [0.15, 0.2) is 0 Å². The fourth-order valence-electron chi connectivity index (χ4n) is 3.75. The molecular weight excluding hydrogens is 292 g/mol. The van der Waals surface area contributed by atoms with E-state index in [0.717, 1.165) is 13.0 Å². The van der Waals surface area contributed by atoms with Crippen molar-refractivity contribution in [3.63, 3.8) is 0 Å². The highest BCUT2D eigenvalue weighted by Gasteiger charge is 2.32. The van der Waals surface area contributed by atoms with Crippen LogP contribution in [0.2, 0.25) is 0 Å². The predicted molar refractivity (Wildman–Crippen MR) is 102 cm³/mol. The van der Waals surface area contributed by atoms with Crippen molar-refractivity contribution in [2.45, 2.75) is 64.4 Å². The first-order chi connectivity index (χ1) is 11.6. The van der Waals surface area contributed by atoms with Crippen LogP contribution in [0.3, 0.4) is 0 Å². The molecule has 1 nitrogen and oxygen atoms in total. The van der Waals surface area contributed by atoms with E-state index in [1.165, 1.54) is 47.9 Å². The lowest BCUT2D eigenvalue weighted by atomic mass is 9.76. The highest BCUT2D eigenvalue weighted by atomic mass is 16.5. The average Bonchev–Trinajstić information content (AvgIpc) is 2.62. The van der Waals surface area contributed by atoms with E-state index < -0.39 is 0 Å². The smallest absolute Gasteiger partial charge is 0.0655 e. The summed E-state index contributed by atoms with van der Waals surface area (Å²) in [6.45, 7) is 7.50. The fraction of sp³-hybridized carbons (Fsp3) is 0.478. The molecule has 0 bridgehead atoms. The van der Waals surface area contributed by atoms with Gasteiger partial charge >= 0.3 is 0 Å². The highest BCUT2D eigenvalue weighted by Crippen LogP contribution is 2.40. The van der Waals surface area contributed by atoms with Gasteiger partial charge in [-0.2, -0.15) is 0 Å². The molecule has 3 rings (SSSR count). The third-order valence-electron chi connectivity index (χ3n) is 5.46. The Morgan fingerprint density at radius 2 is 1.46 bits per heavy atom. The molecule has 0 aliphatic heterocycles. The molecule has 0 radical (unpaired) electrons. The SMILES string of the molecule is CCCOC1(C)CCC(c2ccc(-c3ccc(C)cc3)cc2)CC1. The van der Waals surface area contributed by atoms with Gasteiger partial charge in [0.2, 0.25) is 0 Å². The summed E-state index contributed by atoms with van der Waals surface area (Å²) in [7, 11) is 0. The van der Waals surface area contributed by atoms with Crippen molar-refractivity contribution >= 4 is 0 Å². The Morgan fingerprint density at radius 1 is 0.917 bits per heavy atom. The van der Waals surface area contributed by atoms with Crippen LogP contribution in [-0.2, 0) is 4.74 Å². The van der Waals surface area contributed by atoms with Crippen LogP contribution in [0.25, 0.3) is 11.1 Å². The van der Waals surface area contributed by atoms with Crippen LogP contribution >= 0.6 is 0 Å². The Morgan fingerprint density at radius 3 is 2.00 bits per heavy atom. The number of aryl methyl sites for hydroxylation is 1. The van der Waals surface area contributed by atoms with E-state index in [0.29, 0.717) is 5.92 Å². The summed E-state index contributed by atoms with van der Waals surface area (Å²) in [4.78, 5) is 0. The Labute approximate surface area is 147 Å². The third-order valence-corrected chi connectivity index (χ3v) is 5.46. The average molecular weight is 322 g/mol. The van der Waals surface area contributed by atoms with E-state index in [4.69, 9.17) is 4.74 Å².